The second kappa shape index (κ2) is 4.34. The van der Waals surface area contributed by atoms with Gasteiger partial charge in [-0.25, -0.2) is 0 Å². The Balaban J connectivity index is 4.48. The molecule has 0 fully saturated rings. The van der Waals surface area contributed by atoms with Crippen LogP contribution in [0.25, 0.3) is 0 Å². The van der Waals surface area contributed by atoms with Gasteiger partial charge < -0.3 is 4.52 Å². The monoisotopic (exact) mass is 238 g/mol. The maximum atomic E-state index is 11.6. The van der Waals surface area contributed by atoms with Gasteiger partial charge in [-0.15, -0.1) is 0 Å². The van der Waals surface area contributed by atoms with Gasteiger partial charge in [-0.1, -0.05) is 41.7 Å². The third kappa shape index (κ3) is 3.12. The van der Waals surface area contributed by atoms with Crippen molar-refractivity contribution < 1.29 is 9.09 Å². The molecule has 0 saturated carbocycles. The summed E-state index contributed by atoms with van der Waals surface area (Å²) in [4.78, 5) is 0. The molecule has 1 atom stereocenters. The van der Waals surface area contributed by atoms with E-state index in [9.17, 15) is 4.57 Å². The fourth-order valence-corrected chi connectivity index (χ4v) is 3.17. The van der Waals surface area contributed by atoms with E-state index < -0.39 is 10.9 Å². The van der Waals surface area contributed by atoms with Gasteiger partial charge in [0.15, 0.2) is 0 Å². The fraction of sp³-hybridized carbons (Fsp3) is 1.00. The highest BCUT2D eigenvalue weighted by molar-refractivity contribution is 7.67. The first-order chi connectivity index (χ1) is 4.87. The maximum absolute atomic E-state index is 11.6. The first-order valence-electron chi connectivity index (χ1n) is 3.17. The van der Waals surface area contributed by atoms with E-state index in [1.807, 2.05) is 0 Å². The summed E-state index contributed by atoms with van der Waals surface area (Å²) < 4.78 is 14.7. The van der Waals surface area contributed by atoms with Gasteiger partial charge in [0.25, 0.3) is 10.9 Å². The van der Waals surface area contributed by atoms with Crippen molar-refractivity contribution in [3.63, 3.8) is 0 Å². The fourth-order valence-electron chi connectivity index (χ4n) is 0.552. The van der Waals surface area contributed by atoms with Crippen LogP contribution in [0.15, 0.2) is 0 Å². The predicted molar refractivity (Wildman–Crippen MR) is 50.1 cm³/mol. The lowest BCUT2D eigenvalue weighted by Gasteiger charge is -2.22. The van der Waals surface area contributed by atoms with Crippen LogP contribution in [0.2, 0.25) is 0 Å². The largest absolute Gasteiger partial charge is 0.326 e. The molecule has 0 radical (unpaired) electrons. The average Bonchev–Trinajstić information content (AvgIpc) is 1.86. The van der Waals surface area contributed by atoms with Crippen molar-refractivity contribution in [2.45, 2.75) is 17.4 Å². The number of alkyl halides is 3. The van der Waals surface area contributed by atoms with Crippen molar-refractivity contribution in [3.8, 4) is 0 Å². The van der Waals surface area contributed by atoms with Crippen LogP contribution in [0.4, 0.5) is 0 Å². The van der Waals surface area contributed by atoms with E-state index in [1.54, 1.807) is 13.8 Å². The molecule has 0 bridgehead atoms. The highest BCUT2D eigenvalue weighted by atomic mass is 35.6. The van der Waals surface area contributed by atoms with Gasteiger partial charge in [-0.3, -0.25) is 4.57 Å². The van der Waals surface area contributed by atoms with Crippen molar-refractivity contribution in [1.82, 2.24) is 0 Å². The maximum Gasteiger partial charge on any atom is 0.266 e. The van der Waals surface area contributed by atoms with Gasteiger partial charge in [0, 0.05) is 6.16 Å². The van der Waals surface area contributed by atoms with Crippen LogP contribution >= 0.6 is 42.2 Å². The lowest BCUT2D eigenvalue weighted by Crippen LogP contribution is -2.09. The molecule has 6 heteroatoms. The number of halogens is 3. The van der Waals surface area contributed by atoms with Gasteiger partial charge in [0.2, 0.25) is 0 Å². The Morgan fingerprint density at radius 3 is 1.91 bits per heavy atom. The molecule has 0 aromatic rings. The molecule has 0 aromatic carbocycles. The van der Waals surface area contributed by atoms with Gasteiger partial charge in [0.05, 0.1) is 6.61 Å². The minimum Gasteiger partial charge on any atom is -0.326 e. The molecule has 0 N–H and O–H groups in total. The molecule has 0 aliphatic heterocycles. The Bertz CT molecular complexity index is 166. The molecule has 0 aliphatic rings. The number of hydrogen-bond donors (Lipinski definition) is 0. The first-order valence-corrected chi connectivity index (χ1v) is 6.12. The van der Waals surface area contributed by atoms with Crippen LogP contribution in [-0.2, 0) is 9.09 Å². The predicted octanol–water partition coefficient (Wildman–Crippen LogP) is 3.65. The SMILES string of the molecule is CCO[P@@](=O)(CC)C(Cl)(Cl)Cl. The highest BCUT2D eigenvalue weighted by Crippen LogP contribution is 2.65. The van der Waals surface area contributed by atoms with Crippen LogP contribution in [0.3, 0.4) is 0 Å². The van der Waals surface area contributed by atoms with Crippen LogP contribution in [-0.4, -0.2) is 16.3 Å². The number of rotatable bonds is 3. The summed E-state index contributed by atoms with van der Waals surface area (Å²) in [6.45, 7) is 3.66. The van der Waals surface area contributed by atoms with Crippen LogP contribution < -0.4 is 0 Å². The lowest BCUT2D eigenvalue weighted by atomic mass is 10.9. The van der Waals surface area contributed by atoms with Crippen molar-refractivity contribution >= 4 is 42.2 Å². The number of hydrogen-bond acceptors (Lipinski definition) is 2. The third-order valence-corrected chi connectivity index (χ3v) is 5.74. The molecule has 68 valence electrons. The van der Waals surface area contributed by atoms with E-state index in [2.05, 4.69) is 0 Å². The van der Waals surface area contributed by atoms with E-state index in [-0.39, 0.29) is 6.16 Å². The minimum atomic E-state index is -3.09. The molecule has 0 saturated heterocycles. The Labute approximate surface area is 81.6 Å². The van der Waals surface area contributed by atoms with Crippen molar-refractivity contribution in [2.75, 3.05) is 12.8 Å². The van der Waals surface area contributed by atoms with Gasteiger partial charge in [-0.2, -0.15) is 0 Å². The molecular weight excluding hydrogens is 229 g/mol. The molecular formula is C5H10Cl3O2P. The first kappa shape index (κ1) is 12.1. The molecule has 0 aromatic heterocycles. The molecule has 0 spiro atoms. The summed E-state index contributed by atoms with van der Waals surface area (Å²) in [5.41, 5.74) is 0. The smallest absolute Gasteiger partial charge is 0.266 e. The van der Waals surface area contributed by atoms with Gasteiger partial charge in [0.1, 0.15) is 0 Å². The average molecular weight is 239 g/mol. The van der Waals surface area contributed by atoms with E-state index in [0.29, 0.717) is 6.61 Å². The Morgan fingerprint density at radius 2 is 1.82 bits per heavy atom. The van der Waals surface area contributed by atoms with E-state index >= 15 is 0 Å². The summed E-state index contributed by atoms with van der Waals surface area (Å²) in [5, 5.41) is 0. The third-order valence-electron chi connectivity index (χ3n) is 1.14. The van der Waals surface area contributed by atoms with E-state index in [0.717, 1.165) is 0 Å². The minimum absolute atomic E-state index is 0.233. The van der Waals surface area contributed by atoms with E-state index in [4.69, 9.17) is 39.3 Å². The highest BCUT2D eigenvalue weighted by Gasteiger charge is 2.43. The van der Waals surface area contributed by atoms with Crippen LogP contribution in [0.5, 0.6) is 0 Å². The Kier molecular flexibility index (Phi) is 4.76. The molecule has 0 unspecified atom stereocenters. The molecule has 2 nitrogen and oxygen atoms in total. The summed E-state index contributed by atoms with van der Waals surface area (Å²) in [6.07, 6.45) is 0.233. The van der Waals surface area contributed by atoms with Crippen molar-refractivity contribution in [2.24, 2.45) is 0 Å². The quantitative estimate of drug-likeness (QED) is 0.555. The van der Waals surface area contributed by atoms with E-state index in [1.165, 1.54) is 0 Å². The summed E-state index contributed by atoms with van der Waals surface area (Å²) in [6, 6.07) is 0. The normalized spacial score (nSPS) is 17.9. The molecule has 11 heavy (non-hydrogen) atoms. The summed E-state index contributed by atoms with van der Waals surface area (Å²) in [7, 11) is -3.09. The second-order valence-corrected chi connectivity index (χ2v) is 7.86. The zero-order chi connectivity index (χ0) is 9.12. The zero-order valence-electron chi connectivity index (χ0n) is 6.31. The summed E-state index contributed by atoms with van der Waals surface area (Å²) in [5.74, 6) is 0. The van der Waals surface area contributed by atoms with Crippen molar-refractivity contribution in [3.05, 3.63) is 0 Å². The second-order valence-electron chi connectivity index (χ2n) is 1.88. The van der Waals surface area contributed by atoms with Crippen LogP contribution in [0.1, 0.15) is 13.8 Å². The molecule has 0 heterocycles. The van der Waals surface area contributed by atoms with Gasteiger partial charge in [-0.05, 0) is 6.92 Å². The van der Waals surface area contributed by atoms with Gasteiger partial charge >= 0.3 is 0 Å². The zero-order valence-corrected chi connectivity index (χ0v) is 9.47. The Morgan fingerprint density at radius 1 is 1.36 bits per heavy atom. The van der Waals surface area contributed by atoms with Crippen LogP contribution in [0, 0.1) is 0 Å². The summed E-state index contributed by atoms with van der Waals surface area (Å²) >= 11 is 16.4. The lowest BCUT2D eigenvalue weighted by molar-refractivity contribution is 0.333. The Hall–Kier alpha value is 1.06. The standard InChI is InChI=1S/C5H10Cl3O2P/c1-3-10-11(9,4-2)5(6,7)8/h3-4H2,1-2H3/t11-/m0/s1. The van der Waals surface area contributed by atoms with Crippen molar-refractivity contribution in [1.29, 1.82) is 0 Å². The molecule has 0 amide bonds. The molecule has 0 rings (SSSR count). The topological polar surface area (TPSA) is 26.3 Å². The molecule has 0 aliphatic carbocycles.